The van der Waals surface area contributed by atoms with Gasteiger partial charge in [-0.05, 0) is 37.4 Å². The first-order valence-corrected chi connectivity index (χ1v) is 9.67. The van der Waals surface area contributed by atoms with Gasteiger partial charge in [0, 0.05) is 49.9 Å². The van der Waals surface area contributed by atoms with Gasteiger partial charge < -0.3 is 14.6 Å². The van der Waals surface area contributed by atoms with Crippen LogP contribution in [0.5, 0.6) is 0 Å². The number of rotatable bonds is 9. The maximum Gasteiger partial charge on any atom is 0.303 e. The third kappa shape index (κ3) is 5.04. The number of benzene rings is 1. The number of carbonyl (C=O) groups is 1. The predicted molar refractivity (Wildman–Crippen MR) is 109 cm³/mol. The van der Waals surface area contributed by atoms with E-state index in [2.05, 4.69) is 4.98 Å². The fourth-order valence-corrected chi connectivity index (χ4v) is 3.47. The molecule has 0 bridgehead atoms. The molecule has 0 amide bonds. The molecule has 7 heteroatoms. The van der Waals surface area contributed by atoms with Crippen LogP contribution in [0.3, 0.4) is 0 Å². The molecule has 2 aromatic rings. The van der Waals surface area contributed by atoms with E-state index in [1.54, 1.807) is 4.57 Å². The van der Waals surface area contributed by atoms with E-state index in [9.17, 15) is 4.79 Å². The highest BCUT2D eigenvalue weighted by molar-refractivity contribution is 6.20. The molecule has 144 valence electrons. The van der Waals surface area contributed by atoms with E-state index < -0.39 is 5.97 Å². The van der Waals surface area contributed by atoms with Gasteiger partial charge in [0.05, 0.1) is 13.8 Å². The smallest absolute Gasteiger partial charge is 0.303 e. The summed E-state index contributed by atoms with van der Waals surface area (Å²) < 4.78 is 19.2. The number of carboxylic acids is 1. The maximum absolute atomic E-state index is 11.0. The van der Waals surface area contributed by atoms with Gasteiger partial charge in [-0.2, -0.15) is 0 Å². The Kier molecular flexibility index (Phi) is 6.18. The second-order valence-corrected chi connectivity index (χ2v) is 7.95. The number of hydrogen-bond acceptors (Lipinski definition) is 3. The van der Waals surface area contributed by atoms with Gasteiger partial charge in [0.1, 0.15) is 5.82 Å². The summed E-state index contributed by atoms with van der Waals surface area (Å²) in [5.74, 6) is 0.117. The van der Waals surface area contributed by atoms with Crippen LogP contribution >= 0.6 is 23.2 Å². The van der Waals surface area contributed by atoms with E-state index in [-0.39, 0.29) is 23.8 Å². The third-order valence-corrected chi connectivity index (χ3v) is 4.59. The summed E-state index contributed by atoms with van der Waals surface area (Å²) in [4.78, 5) is 17.5. The van der Waals surface area contributed by atoms with E-state index >= 15 is 0 Å². The summed E-state index contributed by atoms with van der Waals surface area (Å²) in [5.41, 5.74) is 2.36. The van der Waals surface area contributed by atoms with Crippen LogP contribution in [0.1, 0.15) is 34.4 Å². The Morgan fingerprint density at radius 1 is 1.46 bits per heavy atom. The van der Waals surface area contributed by atoms with Crippen LogP contribution in [-0.4, -0.2) is 45.0 Å². The molecule has 0 spiro atoms. The van der Waals surface area contributed by atoms with Crippen molar-refractivity contribution < 1.29 is 12.6 Å². The first kappa shape index (κ1) is 17.9. The fourth-order valence-electron chi connectivity index (χ4n) is 3.10. The van der Waals surface area contributed by atoms with Crippen LogP contribution in [-0.2, 0) is 18.3 Å². The zero-order chi connectivity index (χ0) is 21.2. The van der Waals surface area contributed by atoms with Crippen LogP contribution in [0.25, 0.3) is 11.0 Å². The molecule has 5 nitrogen and oxygen atoms in total. The van der Waals surface area contributed by atoms with Gasteiger partial charge in [-0.15, -0.1) is 23.2 Å². The molecular weight excluding hydrogens is 373 g/mol. The minimum absolute atomic E-state index is 0.0477. The maximum atomic E-state index is 11.0. The Balaban J connectivity index is 2.60. The second kappa shape index (κ2) is 8.96. The van der Waals surface area contributed by atoms with Crippen molar-refractivity contribution in [1.29, 1.82) is 0 Å². The van der Waals surface area contributed by atoms with Crippen molar-refractivity contribution in [3.8, 4) is 0 Å². The molecule has 1 aromatic heterocycles. The second-order valence-electron chi connectivity index (χ2n) is 6.83. The number of carboxylic acid groups (broad SMARTS) is 1. The number of fused-ring (bicyclic) bond motifs is 1. The van der Waals surface area contributed by atoms with Crippen molar-refractivity contribution >= 4 is 45.9 Å². The Labute approximate surface area is 167 Å². The number of aromatic nitrogens is 2. The van der Waals surface area contributed by atoms with E-state index in [1.165, 1.54) is 0 Å². The lowest BCUT2D eigenvalue weighted by Gasteiger charge is -2.26. The molecule has 0 fully saturated rings. The molecule has 2 unspecified atom stereocenters. The minimum Gasteiger partial charge on any atom is -0.481 e. The highest BCUT2D eigenvalue weighted by Gasteiger charge is 2.17. The largest absolute Gasteiger partial charge is 0.481 e. The number of hydrogen-bond donors (Lipinski definition) is 1. The lowest BCUT2D eigenvalue weighted by molar-refractivity contribution is -0.137. The Morgan fingerprint density at radius 2 is 2.15 bits per heavy atom. The number of halogens is 2. The summed E-state index contributed by atoms with van der Waals surface area (Å²) in [6.45, 7) is 6.60. The molecule has 0 saturated heterocycles. The Bertz CT molecular complexity index is 871. The standard InChI is InChI=1S/C19H27Cl2N3O2/c1-12(8-19(25)26)7-18-22-15-10-16(13(2)9-17(15)23(18)4)24(6-5-20)11-14(3)21/h9-10,12,14H,5-8,11H2,1-4H3,(H,25,26)/i9D,10D. The number of aryl methyl sites for hydroxylation is 1. The van der Waals surface area contributed by atoms with Crippen molar-refractivity contribution in [2.24, 2.45) is 13.0 Å². The van der Waals surface area contributed by atoms with Crippen molar-refractivity contribution in [3.05, 3.63) is 23.5 Å². The van der Waals surface area contributed by atoms with Crippen LogP contribution in [0, 0.1) is 12.8 Å². The number of alkyl halides is 2. The van der Waals surface area contributed by atoms with E-state index in [1.807, 2.05) is 32.7 Å². The average Bonchev–Trinajstić information content (AvgIpc) is 2.89. The van der Waals surface area contributed by atoms with Gasteiger partial charge in [-0.3, -0.25) is 4.79 Å². The molecule has 0 saturated carbocycles. The minimum atomic E-state index is -0.848. The Hall–Kier alpha value is -1.46. The highest BCUT2D eigenvalue weighted by atomic mass is 35.5. The summed E-state index contributed by atoms with van der Waals surface area (Å²) >= 11 is 12.1. The molecule has 0 aliphatic rings. The predicted octanol–water partition coefficient (Wildman–Crippen LogP) is 4.21. The zero-order valence-corrected chi connectivity index (χ0v) is 17.2. The van der Waals surface area contributed by atoms with Gasteiger partial charge >= 0.3 is 5.97 Å². The molecule has 1 N–H and O–H groups in total. The van der Waals surface area contributed by atoms with Crippen molar-refractivity contribution in [2.45, 2.75) is 39.0 Å². The molecule has 1 aromatic carbocycles. The molecule has 2 atom stereocenters. The van der Waals surface area contributed by atoms with Gasteiger partial charge in [0.2, 0.25) is 0 Å². The highest BCUT2D eigenvalue weighted by Crippen LogP contribution is 2.28. The molecule has 2 rings (SSSR count). The molecular formula is C19H27Cl2N3O2. The topological polar surface area (TPSA) is 58.4 Å². The number of imidazole rings is 1. The number of anilines is 1. The van der Waals surface area contributed by atoms with Crippen molar-refractivity contribution in [2.75, 3.05) is 23.9 Å². The van der Waals surface area contributed by atoms with Gasteiger partial charge in [0.15, 0.2) is 0 Å². The third-order valence-electron chi connectivity index (χ3n) is 4.28. The normalized spacial score (nSPS) is 14.8. The molecule has 26 heavy (non-hydrogen) atoms. The SMILES string of the molecule is [2H]c1c(N(CCCl)CC(C)Cl)c(C)c([2H])c2c1nc(CC(C)CC(=O)O)n2C. The van der Waals surface area contributed by atoms with Gasteiger partial charge in [-0.1, -0.05) is 6.92 Å². The summed E-state index contributed by atoms with van der Waals surface area (Å²) in [6, 6.07) is 0.564. The first-order chi connectivity index (χ1) is 13.1. The van der Waals surface area contributed by atoms with Crippen molar-refractivity contribution in [1.82, 2.24) is 9.55 Å². The average molecular weight is 402 g/mol. The summed E-state index contributed by atoms with van der Waals surface area (Å²) in [7, 11) is 1.81. The van der Waals surface area contributed by atoms with Gasteiger partial charge in [0.25, 0.3) is 0 Å². The van der Waals surface area contributed by atoms with Crippen LogP contribution in [0.15, 0.2) is 12.1 Å². The number of aliphatic carboxylic acids is 1. The van der Waals surface area contributed by atoms with E-state index in [4.69, 9.17) is 31.0 Å². The van der Waals surface area contributed by atoms with Crippen LogP contribution in [0.4, 0.5) is 5.69 Å². The summed E-state index contributed by atoms with van der Waals surface area (Å²) in [6.07, 6.45) is 0.515. The summed E-state index contributed by atoms with van der Waals surface area (Å²) in [5, 5.41) is 8.87. The van der Waals surface area contributed by atoms with Crippen LogP contribution < -0.4 is 4.90 Å². The lowest BCUT2D eigenvalue weighted by atomic mass is 10.0. The number of nitrogens with zero attached hydrogens (tertiary/aromatic N) is 3. The quantitative estimate of drug-likeness (QED) is 0.639. The lowest BCUT2D eigenvalue weighted by Crippen LogP contribution is -2.31. The monoisotopic (exact) mass is 401 g/mol. The van der Waals surface area contributed by atoms with E-state index in [0.717, 1.165) is 0 Å². The van der Waals surface area contributed by atoms with E-state index in [0.29, 0.717) is 59.5 Å². The van der Waals surface area contributed by atoms with Crippen molar-refractivity contribution in [3.63, 3.8) is 0 Å². The molecule has 0 radical (unpaired) electrons. The fraction of sp³-hybridized carbons (Fsp3) is 0.579. The first-order valence-electron chi connectivity index (χ1n) is 9.70. The van der Waals surface area contributed by atoms with Gasteiger partial charge in [-0.25, -0.2) is 4.98 Å². The van der Waals surface area contributed by atoms with Crippen LogP contribution in [0.2, 0.25) is 0 Å². The zero-order valence-electron chi connectivity index (χ0n) is 17.6. The molecule has 0 aliphatic carbocycles. The molecule has 1 heterocycles. The Morgan fingerprint density at radius 3 is 2.73 bits per heavy atom. The molecule has 0 aliphatic heterocycles.